The highest BCUT2D eigenvalue weighted by Crippen LogP contribution is 2.42. The van der Waals surface area contributed by atoms with E-state index in [1.807, 2.05) is 6.07 Å². The van der Waals surface area contributed by atoms with Gasteiger partial charge in [-0.15, -0.1) is 10.2 Å². The smallest absolute Gasteiger partial charge is 0.246 e. The average Bonchev–Trinajstić information content (AvgIpc) is 2.88. The third-order valence-electron chi connectivity index (χ3n) is 6.81. The lowest BCUT2D eigenvalue weighted by Gasteiger charge is -2.35. The highest BCUT2D eigenvalue weighted by molar-refractivity contribution is 6.34. The van der Waals surface area contributed by atoms with E-state index in [4.69, 9.17) is 11.6 Å². The summed E-state index contributed by atoms with van der Waals surface area (Å²) in [7, 11) is 0. The van der Waals surface area contributed by atoms with Crippen molar-refractivity contribution in [3.63, 3.8) is 0 Å². The summed E-state index contributed by atoms with van der Waals surface area (Å²) < 4.78 is 14.8. The van der Waals surface area contributed by atoms with Crippen LogP contribution < -0.4 is 9.80 Å². The molecule has 0 unspecified atom stereocenters. The number of halogens is 2. The van der Waals surface area contributed by atoms with Gasteiger partial charge in [-0.3, -0.25) is 4.79 Å². The number of amides is 1. The number of hydrogen-bond donors (Lipinski definition) is 1. The zero-order valence-corrected chi connectivity index (χ0v) is 20.1. The molecule has 0 atom stereocenters. The maximum Gasteiger partial charge on any atom is 0.246 e. The second kappa shape index (κ2) is 9.70. The molecule has 2 aliphatic heterocycles. The molecular formula is C26H27ClFN5O2. The van der Waals surface area contributed by atoms with E-state index in [0.717, 1.165) is 42.5 Å². The Morgan fingerprint density at radius 1 is 0.971 bits per heavy atom. The van der Waals surface area contributed by atoms with Gasteiger partial charge in [0, 0.05) is 60.6 Å². The average molecular weight is 496 g/mol. The Labute approximate surface area is 208 Å². The second-order valence-electron chi connectivity index (χ2n) is 8.92. The number of benzene rings is 2. The topological polar surface area (TPSA) is 72.8 Å². The van der Waals surface area contributed by atoms with E-state index in [1.54, 1.807) is 11.0 Å². The molecule has 1 amide bonds. The zero-order chi connectivity index (χ0) is 24.5. The number of rotatable bonds is 4. The molecular weight excluding hydrogens is 469 g/mol. The standard InChI is InChI=1S/C26H27ClFN5O2/c1-2-23(35)31-11-13-33(14-12-31)26-18-16-20(27)19(24-21(28)7-6-8-22(24)34)15-17(18)25(29-30-26)32-9-4-3-5-10-32/h2,6-8,15-16,34H,1,3-5,9-14H2. The Bertz CT molecular complexity index is 1270. The van der Waals surface area contributed by atoms with Crippen molar-refractivity contribution in [3.8, 4) is 16.9 Å². The van der Waals surface area contributed by atoms with Crippen LogP contribution in [0.3, 0.4) is 0 Å². The van der Waals surface area contributed by atoms with Gasteiger partial charge in [-0.2, -0.15) is 0 Å². The van der Waals surface area contributed by atoms with E-state index in [-0.39, 0.29) is 17.2 Å². The van der Waals surface area contributed by atoms with Gasteiger partial charge in [0.15, 0.2) is 11.6 Å². The molecule has 0 aliphatic carbocycles. The van der Waals surface area contributed by atoms with Crippen molar-refractivity contribution in [2.75, 3.05) is 49.1 Å². The summed E-state index contributed by atoms with van der Waals surface area (Å²) in [6, 6.07) is 7.82. The molecule has 2 fully saturated rings. The van der Waals surface area contributed by atoms with Gasteiger partial charge in [0.25, 0.3) is 0 Å². The first-order chi connectivity index (χ1) is 17.0. The molecule has 1 N–H and O–H groups in total. The first-order valence-electron chi connectivity index (χ1n) is 11.9. The van der Waals surface area contributed by atoms with Crippen LogP contribution in [0, 0.1) is 5.82 Å². The quantitative estimate of drug-likeness (QED) is 0.532. The summed E-state index contributed by atoms with van der Waals surface area (Å²) >= 11 is 6.69. The number of phenolic OH excluding ortho intramolecular Hbond substituents is 1. The predicted molar refractivity (Wildman–Crippen MR) is 137 cm³/mol. The molecule has 0 radical (unpaired) electrons. The van der Waals surface area contributed by atoms with E-state index in [0.29, 0.717) is 42.6 Å². The fraction of sp³-hybridized carbons (Fsp3) is 0.346. The molecule has 3 aromatic rings. The van der Waals surface area contributed by atoms with Crippen molar-refractivity contribution in [1.29, 1.82) is 0 Å². The Morgan fingerprint density at radius 3 is 2.23 bits per heavy atom. The van der Waals surface area contributed by atoms with Gasteiger partial charge < -0.3 is 19.8 Å². The third kappa shape index (κ3) is 4.38. The minimum absolute atomic E-state index is 0.0684. The molecule has 1 aromatic heterocycles. The summed E-state index contributed by atoms with van der Waals surface area (Å²) in [6.45, 7) is 7.61. The number of aromatic nitrogens is 2. The number of carbonyl (C=O) groups is 1. The molecule has 0 saturated carbocycles. The highest BCUT2D eigenvalue weighted by atomic mass is 35.5. The van der Waals surface area contributed by atoms with E-state index in [1.165, 1.54) is 30.7 Å². The summed E-state index contributed by atoms with van der Waals surface area (Å²) in [6.07, 6.45) is 4.64. The van der Waals surface area contributed by atoms with Crippen molar-refractivity contribution in [3.05, 3.63) is 53.8 Å². The maximum atomic E-state index is 14.8. The molecule has 3 heterocycles. The SMILES string of the molecule is C=CC(=O)N1CCN(c2nnc(N3CCCCC3)c3cc(-c4c(O)cccc4F)c(Cl)cc23)CC1. The van der Waals surface area contributed by atoms with E-state index < -0.39 is 5.82 Å². The van der Waals surface area contributed by atoms with Crippen molar-refractivity contribution in [2.24, 2.45) is 0 Å². The molecule has 5 rings (SSSR count). The van der Waals surface area contributed by atoms with E-state index in [9.17, 15) is 14.3 Å². The van der Waals surface area contributed by atoms with Gasteiger partial charge in [-0.25, -0.2) is 4.39 Å². The number of nitrogens with zero attached hydrogens (tertiary/aromatic N) is 5. The lowest BCUT2D eigenvalue weighted by Crippen LogP contribution is -2.48. The number of piperazine rings is 1. The summed E-state index contributed by atoms with van der Waals surface area (Å²) in [4.78, 5) is 18.1. The van der Waals surface area contributed by atoms with Crippen LogP contribution in [-0.2, 0) is 4.79 Å². The van der Waals surface area contributed by atoms with Crippen LogP contribution in [0.2, 0.25) is 5.02 Å². The first kappa shape index (κ1) is 23.4. The van der Waals surface area contributed by atoms with Crippen LogP contribution in [0.15, 0.2) is 43.0 Å². The Kier molecular flexibility index (Phi) is 6.47. The minimum atomic E-state index is -0.545. The summed E-state index contributed by atoms with van der Waals surface area (Å²) in [5.74, 6) is 0.612. The number of phenols is 1. The van der Waals surface area contributed by atoms with E-state index >= 15 is 0 Å². The lowest BCUT2D eigenvalue weighted by molar-refractivity contribution is -0.126. The third-order valence-corrected chi connectivity index (χ3v) is 7.12. The first-order valence-corrected chi connectivity index (χ1v) is 12.2. The molecule has 0 bridgehead atoms. The number of hydrogen-bond acceptors (Lipinski definition) is 6. The molecule has 2 saturated heterocycles. The van der Waals surface area contributed by atoms with Crippen LogP contribution in [0.1, 0.15) is 19.3 Å². The number of fused-ring (bicyclic) bond motifs is 1. The number of anilines is 2. The molecule has 182 valence electrons. The van der Waals surface area contributed by atoms with Gasteiger partial charge in [-0.05, 0) is 49.6 Å². The highest BCUT2D eigenvalue weighted by Gasteiger charge is 2.26. The van der Waals surface area contributed by atoms with Crippen LogP contribution in [0.5, 0.6) is 5.75 Å². The Morgan fingerprint density at radius 2 is 1.60 bits per heavy atom. The van der Waals surface area contributed by atoms with Crippen LogP contribution in [0.4, 0.5) is 16.0 Å². The summed E-state index contributed by atoms with van der Waals surface area (Å²) in [5.41, 5.74) is 0.479. The van der Waals surface area contributed by atoms with Crippen LogP contribution >= 0.6 is 11.6 Å². The van der Waals surface area contributed by atoms with E-state index in [2.05, 4.69) is 26.6 Å². The molecule has 2 aromatic carbocycles. The zero-order valence-electron chi connectivity index (χ0n) is 19.4. The van der Waals surface area contributed by atoms with Crippen molar-refractivity contribution in [1.82, 2.24) is 15.1 Å². The fourth-order valence-corrected chi connectivity index (χ4v) is 5.22. The Balaban J connectivity index is 1.63. The largest absolute Gasteiger partial charge is 0.507 e. The van der Waals surface area contributed by atoms with Gasteiger partial charge in [0.1, 0.15) is 11.6 Å². The Hall–Kier alpha value is -3.39. The van der Waals surface area contributed by atoms with Crippen molar-refractivity contribution in [2.45, 2.75) is 19.3 Å². The lowest BCUT2D eigenvalue weighted by atomic mass is 9.99. The maximum absolute atomic E-state index is 14.8. The van der Waals surface area contributed by atoms with Crippen molar-refractivity contribution >= 4 is 39.9 Å². The number of piperidine rings is 1. The van der Waals surface area contributed by atoms with Gasteiger partial charge >= 0.3 is 0 Å². The molecule has 35 heavy (non-hydrogen) atoms. The summed E-state index contributed by atoms with van der Waals surface area (Å²) in [5, 5.41) is 21.6. The normalized spacial score (nSPS) is 16.6. The number of carbonyl (C=O) groups excluding carboxylic acids is 1. The number of aromatic hydroxyl groups is 1. The fourth-order valence-electron chi connectivity index (χ4n) is 4.96. The monoisotopic (exact) mass is 495 g/mol. The molecule has 9 heteroatoms. The van der Waals surface area contributed by atoms with Crippen LogP contribution in [-0.4, -0.2) is 65.4 Å². The van der Waals surface area contributed by atoms with Gasteiger partial charge in [0.05, 0.1) is 5.56 Å². The molecule has 0 spiro atoms. The van der Waals surface area contributed by atoms with Crippen LogP contribution in [0.25, 0.3) is 21.9 Å². The van der Waals surface area contributed by atoms with Gasteiger partial charge in [-0.1, -0.05) is 24.2 Å². The second-order valence-corrected chi connectivity index (χ2v) is 9.33. The minimum Gasteiger partial charge on any atom is -0.507 e. The van der Waals surface area contributed by atoms with Crippen molar-refractivity contribution < 1.29 is 14.3 Å². The molecule has 7 nitrogen and oxygen atoms in total. The molecule has 2 aliphatic rings. The predicted octanol–water partition coefficient (Wildman–Crippen LogP) is 4.62. The van der Waals surface area contributed by atoms with Gasteiger partial charge in [0.2, 0.25) is 5.91 Å².